The second kappa shape index (κ2) is 49.9. The smallest absolute Gasteiger partial charge is 0.407 e. The molecule has 0 radical (unpaired) electrons. The Morgan fingerprint density at radius 3 is 0.943 bits per heavy atom. The van der Waals surface area contributed by atoms with Crippen molar-refractivity contribution in [2.45, 2.75) is 288 Å². The van der Waals surface area contributed by atoms with Gasteiger partial charge in [0.1, 0.15) is 47.9 Å². The molecule has 0 heterocycles. The summed E-state index contributed by atoms with van der Waals surface area (Å²) in [5.74, 6) is -4.67. The highest BCUT2D eigenvalue weighted by Crippen LogP contribution is 2.14. The third-order valence-electron chi connectivity index (χ3n) is 16.4. The maximum absolute atomic E-state index is 13.8. The van der Waals surface area contributed by atoms with Crippen molar-refractivity contribution in [2.75, 3.05) is 39.3 Å². The highest BCUT2D eigenvalue weighted by molar-refractivity contribution is 5.97. The van der Waals surface area contributed by atoms with Gasteiger partial charge in [-0.05, 0) is 149 Å². The summed E-state index contributed by atoms with van der Waals surface area (Å²) >= 11 is 0. The number of carbonyl (C=O) groups is 14. The molecule has 0 aliphatic heterocycles. The highest BCUT2D eigenvalue weighted by Gasteiger charge is 2.33. The zero-order valence-corrected chi connectivity index (χ0v) is 67.4. The number of primary amides is 1. The van der Waals surface area contributed by atoms with Gasteiger partial charge >= 0.3 is 42.3 Å². The first-order valence-electron chi connectivity index (χ1n) is 37.4. The summed E-state index contributed by atoms with van der Waals surface area (Å²) in [6, 6.07) is -14.3. The Labute approximate surface area is 628 Å². The largest absolute Gasteiger partial charge is 0.444 e. The lowest BCUT2D eigenvalue weighted by Crippen LogP contribution is -2.59. The van der Waals surface area contributed by atoms with Crippen molar-refractivity contribution in [3.8, 4) is 0 Å². The molecule has 0 aliphatic carbocycles. The Kier molecular flexibility index (Phi) is 45.7. The van der Waals surface area contributed by atoms with Crippen molar-refractivity contribution >= 4 is 83.6 Å². The van der Waals surface area contributed by atoms with Crippen molar-refractivity contribution in [3.05, 3.63) is 0 Å². The molecule has 35 heteroatoms. The van der Waals surface area contributed by atoms with Gasteiger partial charge in [-0.1, -0.05) is 96.9 Å². The van der Waals surface area contributed by atoms with Crippen LogP contribution in [0.25, 0.3) is 0 Å². The SMILES string of the molecule is CC(C)CC[C@H](NC(=O)[C@H](C)NC(=O)C(CC(C)C)NC(=O)[C@H](C)NC(=O)[C@H](CCC(C)C)NC(=O)[C@H](C)NC(=O)NC[C@H](CC(C)C)NC(=O)NC[C@H](C)NC(=O)NC[C@@H](NC(=O)NC[C@H](CC(C)C)NC(=O)NC[C@H](C)NC(=O)NC[C@@H](NC(=O)OC(C)(C)C)C(C)C)C(C)C)C(=O)N[C@@H](C)C(N)=O. The molecule has 0 fully saturated rings. The van der Waals surface area contributed by atoms with Crippen LogP contribution >= 0.6 is 0 Å². The lowest BCUT2D eigenvalue weighted by atomic mass is 10.0. The van der Waals surface area contributed by atoms with E-state index in [1.807, 2.05) is 96.9 Å². The number of hydrogen-bond donors (Lipinski definition) is 20. The van der Waals surface area contributed by atoms with E-state index in [4.69, 9.17) is 10.5 Å². The van der Waals surface area contributed by atoms with Gasteiger partial charge in [0.05, 0.1) is 12.1 Å². The van der Waals surface area contributed by atoms with Crippen LogP contribution in [0.1, 0.15) is 204 Å². The molecule has 20 amide bonds. The first kappa shape index (κ1) is 97.2. The second-order valence-corrected chi connectivity index (χ2v) is 31.5. The number of nitrogens with one attached hydrogen (secondary N) is 19. The van der Waals surface area contributed by atoms with E-state index < -0.39 is 168 Å². The molecule has 1 unspecified atom stereocenters. The molecule has 0 aromatic carbocycles. The van der Waals surface area contributed by atoms with Crippen LogP contribution in [0, 0.1) is 41.4 Å². The van der Waals surface area contributed by atoms with Crippen molar-refractivity contribution < 1.29 is 71.9 Å². The zero-order chi connectivity index (χ0) is 81.5. The maximum Gasteiger partial charge on any atom is 0.407 e. The molecule has 610 valence electrons. The maximum atomic E-state index is 13.8. The number of hydrogen-bond acceptors (Lipinski definition) is 15. The number of nitrogens with two attached hydrogens (primary N) is 1. The minimum atomic E-state index is -1.22. The fourth-order valence-corrected chi connectivity index (χ4v) is 10.2. The third-order valence-corrected chi connectivity index (χ3v) is 16.4. The molecule has 0 aromatic heterocycles. The lowest BCUT2D eigenvalue weighted by Gasteiger charge is -2.27. The van der Waals surface area contributed by atoms with E-state index in [9.17, 15) is 67.1 Å². The molecule has 35 nitrogen and oxygen atoms in total. The van der Waals surface area contributed by atoms with Crippen LogP contribution in [0.5, 0.6) is 0 Å². The monoisotopic (exact) mass is 1510 g/mol. The van der Waals surface area contributed by atoms with E-state index >= 15 is 0 Å². The third kappa shape index (κ3) is 45.5. The second-order valence-electron chi connectivity index (χ2n) is 31.5. The summed E-state index contributed by atoms with van der Waals surface area (Å²) in [7, 11) is 0. The van der Waals surface area contributed by atoms with E-state index in [0.29, 0.717) is 25.7 Å². The summed E-state index contributed by atoms with van der Waals surface area (Å²) in [5.41, 5.74) is 4.64. The van der Waals surface area contributed by atoms with E-state index in [2.05, 4.69) is 101 Å². The van der Waals surface area contributed by atoms with E-state index in [0.717, 1.165) is 0 Å². The van der Waals surface area contributed by atoms with E-state index in [1.165, 1.54) is 27.7 Å². The molecule has 0 aliphatic rings. The summed E-state index contributed by atoms with van der Waals surface area (Å²) in [5, 5.41) is 51.7. The van der Waals surface area contributed by atoms with Crippen molar-refractivity contribution in [1.82, 2.24) is 101 Å². The lowest BCUT2D eigenvalue weighted by molar-refractivity contribution is -0.135. The molecule has 21 N–H and O–H groups in total. The molecule has 0 saturated carbocycles. The van der Waals surface area contributed by atoms with Gasteiger partial charge in [0.15, 0.2) is 0 Å². The van der Waals surface area contributed by atoms with Gasteiger partial charge in [-0.3, -0.25) is 33.6 Å². The van der Waals surface area contributed by atoms with Gasteiger partial charge in [0.2, 0.25) is 41.4 Å². The van der Waals surface area contributed by atoms with Crippen molar-refractivity contribution in [3.63, 3.8) is 0 Å². The molecule has 0 spiro atoms. The first-order chi connectivity index (χ1) is 49.1. The fraction of sp³-hybridized carbons (Fsp3) is 0.803. The zero-order valence-electron chi connectivity index (χ0n) is 67.4. The van der Waals surface area contributed by atoms with Gasteiger partial charge in [0.25, 0.3) is 0 Å². The Balaban J connectivity index is 5.47. The normalized spacial score (nSPS) is 15.2. The minimum Gasteiger partial charge on any atom is -0.444 e. The minimum absolute atomic E-state index is 0.00599. The standard InChI is InChI=1S/C71H136N20O15/c1-37(2)24-26-52(61(96)81-46(17)57(72)92)87-58(93)47(18)83-63(98)54(30-41(9)10)89-59(94)48(19)82-62(97)53(27-25-38(3)4)88-60(95)49(20)84-66(101)75-33-50(28-39(5)6)85-67(102)73-31-44(15)79-64(99)77-35-55(42(11)12)90-69(104)76-34-51(29-40(7)8)86-68(103)74-32-45(16)80-65(100)78-36-56(43(13)14)91-70(105)106-71(21,22)23/h37-56H,24-36H2,1-23H3,(H2,72,92)(H,81,96)(H,82,97)(H,83,98)(H,87,93)(H,88,95)(H,89,94)(H,91,105)(H2,73,85,102)(H2,74,86,103)(H2,75,84,101)(H2,76,90,104)(H2,77,79,99)(H2,78,80,100)/t44-,45-,46-,47-,48-,49-,50-,51-,52-,53-,54?,55+,56+/m0/s1. The molecular formula is C71H136N20O15. The average Bonchev–Trinajstić information content (AvgIpc) is 0.865. The molecule has 13 atom stereocenters. The predicted molar refractivity (Wildman–Crippen MR) is 406 cm³/mol. The Hall–Kier alpha value is -8.82. The van der Waals surface area contributed by atoms with Crippen LogP contribution in [0.3, 0.4) is 0 Å². The van der Waals surface area contributed by atoms with Gasteiger partial charge in [-0.15, -0.1) is 0 Å². The Morgan fingerprint density at radius 2 is 0.594 bits per heavy atom. The van der Waals surface area contributed by atoms with Crippen LogP contribution in [0.2, 0.25) is 0 Å². The van der Waals surface area contributed by atoms with Gasteiger partial charge in [-0.25, -0.2) is 33.6 Å². The fourth-order valence-electron chi connectivity index (χ4n) is 10.2. The molecule has 0 rings (SSSR count). The van der Waals surface area contributed by atoms with Gasteiger partial charge < -0.3 is 111 Å². The quantitative estimate of drug-likeness (QED) is 0.0417. The Morgan fingerprint density at radius 1 is 0.292 bits per heavy atom. The van der Waals surface area contributed by atoms with E-state index in [-0.39, 0.29) is 100.0 Å². The van der Waals surface area contributed by atoms with Crippen molar-refractivity contribution in [1.29, 1.82) is 0 Å². The van der Waals surface area contributed by atoms with Crippen LogP contribution in [-0.2, 0) is 38.3 Å². The van der Waals surface area contributed by atoms with Crippen molar-refractivity contribution in [2.24, 2.45) is 47.2 Å². The van der Waals surface area contributed by atoms with Gasteiger partial charge in [-0.2, -0.15) is 0 Å². The average molecular weight is 1510 g/mol. The predicted octanol–water partition coefficient (Wildman–Crippen LogP) is 2.72. The summed E-state index contributed by atoms with van der Waals surface area (Å²) in [6.45, 7) is 41.4. The number of alkyl carbamates (subject to hydrolysis) is 1. The molecule has 0 saturated heterocycles. The number of urea groups is 6. The first-order valence-corrected chi connectivity index (χ1v) is 37.4. The molecule has 0 bridgehead atoms. The molecule has 0 aromatic rings. The summed E-state index contributed by atoms with van der Waals surface area (Å²) in [4.78, 5) is 184. The molecule has 106 heavy (non-hydrogen) atoms. The number of ether oxygens (including phenoxy) is 1. The van der Waals surface area contributed by atoms with Crippen LogP contribution < -0.4 is 107 Å². The van der Waals surface area contributed by atoms with Crippen LogP contribution in [0.4, 0.5) is 33.6 Å². The molecular weight excluding hydrogens is 1370 g/mol. The Bertz CT molecular complexity index is 2800. The number of carbonyl (C=O) groups excluding carboxylic acids is 14. The number of amides is 20. The highest BCUT2D eigenvalue weighted by atomic mass is 16.6. The van der Waals surface area contributed by atoms with Crippen LogP contribution in [-0.4, -0.2) is 207 Å². The van der Waals surface area contributed by atoms with Crippen LogP contribution in [0.15, 0.2) is 0 Å². The van der Waals surface area contributed by atoms with E-state index in [1.54, 1.807) is 34.6 Å². The van der Waals surface area contributed by atoms with Gasteiger partial charge in [0, 0.05) is 63.4 Å². The summed E-state index contributed by atoms with van der Waals surface area (Å²) < 4.78 is 5.34. The summed E-state index contributed by atoms with van der Waals surface area (Å²) in [6.07, 6.45) is 1.97. The number of rotatable bonds is 46. The topological polar surface area (TPSA) is 503 Å².